The molecule has 1 aromatic heterocycles. The van der Waals surface area contributed by atoms with E-state index in [0.29, 0.717) is 5.82 Å². The van der Waals surface area contributed by atoms with Crippen LogP contribution in [-0.2, 0) is 11.8 Å². The van der Waals surface area contributed by atoms with Crippen LogP contribution < -0.4 is 10.6 Å². The molecule has 0 saturated carbocycles. The van der Waals surface area contributed by atoms with Gasteiger partial charge in [-0.2, -0.15) is 5.10 Å². The first-order valence-electron chi connectivity index (χ1n) is 5.20. The van der Waals surface area contributed by atoms with Crippen molar-refractivity contribution >= 4 is 17.8 Å². The number of rotatable bonds is 4. The maximum atomic E-state index is 11.5. The molecule has 1 rings (SSSR count). The number of aliphatic carboxylic acids is 1. The van der Waals surface area contributed by atoms with Crippen LogP contribution in [0.15, 0.2) is 12.3 Å². The second-order valence-electron chi connectivity index (χ2n) is 4.03. The molecule has 0 fully saturated rings. The molecule has 0 unspecified atom stereocenters. The first kappa shape index (κ1) is 13.0. The average Bonchev–Trinajstić information content (AvgIpc) is 2.59. The van der Waals surface area contributed by atoms with Crippen molar-refractivity contribution in [2.45, 2.75) is 19.9 Å². The average molecular weight is 240 g/mol. The number of aryl methyl sites for hydroxylation is 1. The molecule has 17 heavy (non-hydrogen) atoms. The Morgan fingerprint density at radius 3 is 2.53 bits per heavy atom. The molecule has 0 aromatic carbocycles. The van der Waals surface area contributed by atoms with Gasteiger partial charge in [0.1, 0.15) is 6.04 Å². The van der Waals surface area contributed by atoms with Gasteiger partial charge in [0.2, 0.25) is 0 Å². The van der Waals surface area contributed by atoms with E-state index in [1.165, 1.54) is 4.68 Å². The number of carboxylic acids is 1. The van der Waals surface area contributed by atoms with Crippen molar-refractivity contribution in [3.63, 3.8) is 0 Å². The van der Waals surface area contributed by atoms with E-state index in [1.54, 1.807) is 33.2 Å². The molecule has 0 spiro atoms. The van der Waals surface area contributed by atoms with Gasteiger partial charge in [0.15, 0.2) is 5.82 Å². The lowest BCUT2D eigenvalue weighted by atomic mass is 10.1. The molecule has 0 bridgehead atoms. The predicted octanol–water partition coefficient (Wildman–Crippen LogP) is 0.651. The summed E-state index contributed by atoms with van der Waals surface area (Å²) in [4.78, 5) is 22.4. The van der Waals surface area contributed by atoms with E-state index in [9.17, 15) is 9.59 Å². The van der Waals surface area contributed by atoms with Gasteiger partial charge in [-0.25, -0.2) is 9.59 Å². The highest BCUT2D eigenvalue weighted by atomic mass is 16.4. The minimum atomic E-state index is -1.06. The normalized spacial score (nSPS) is 12.2. The Hall–Kier alpha value is -2.05. The van der Waals surface area contributed by atoms with Gasteiger partial charge >= 0.3 is 12.0 Å². The van der Waals surface area contributed by atoms with Crippen LogP contribution in [0.1, 0.15) is 13.8 Å². The van der Waals surface area contributed by atoms with Crippen molar-refractivity contribution in [1.82, 2.24) is 15.1 Å². The van der Waals surface area contributed by atoms with Crippen molar-refractivity contribution in [3.8, 4) is 0 Å². The number of nitrogens with one attached hydrogen (secondary N) is 2. The zero-order chi connectivity index (χ0) is 13.0. The zero-order valence-corrected chi connectivity index (χ0v) is 9.97. The smallest absolute Gasteiger partial charge is 0.326 e. The third kappa shape index (κ3) is 3.78. The van der Waals surface area contributed by atoms with Crippen molar-refractivity contribution in [1.29, 1.82) is 0 Å². The van der Waals surface area contributed by atoms with Crippen molar-refractivity contribution in [2.75, 3.05) is 5.32 Å². The van der Waals surface area contributed by atoms with Gasteiger partial charge in [-0.3, -0.25) is 10.00 Å². The van der Waals surface area contributed by atoms with E-state index in [1.807, 2.05) is 0 Å². The fourth-order valence-electron chi connectivity index (χ4n) is 1.29. The van der Waals surface area contributed by atoms with Crippen LogP contribution in [-0.4, -0.2) is 32.9 Å². The second-order valence-corrected chi connectivity index (χ2v) is 4.03. The van der Waals surface area contributed by atoms with E-state index in [2.05, 4.69) is 15.7 Å². The Balaban J connectivity index is 2.56. The van der Waals surface area contributed by atoms with Gasteiger partial charge in [0, 0.05) is 19.3 Å². The van der Waals surface area contributed by atoms with Gasteiger partial charge in [0.25, 0.3) is 0 Å². The number of urea groups is 1. The minimum Gasteiger partial charge on any atom is -0.480 e. The number of aromatic nitrogens is 2. The molecular weight excluding hydrogens is 224 g/mol. The highest BCUT2D eigenvalue weighted by molar-refractivity contribution is 5.91. The van der Waals surface area contributed by atoms with Crippen LogP contribution in [0.2, 0.25) is 0 Å². The van der Waals surface area contributed by atoms with Gasteiger partial charge < -0.3 is 10.4 Å². The van der Waals surface area contributed by atoms with E-state index < -0.39 is 18.0 Å². The summed E-state index contributed by atoms with van der Waals surface area (Å²) >= 11 is 0. The Labute approximate surface area is 98.8 Å². The van der Waals surface area contributed by atoms with Crippen LogP contribution in [0.4, 0.5) is 10.6 Å². The van der Waals surface area contributed by atoms with E-state index in [4.69, 9.17) is 5.11 Å². The molecular formula is C10H16N4O3. The van der Waals surface area contributed by atoms with Gasteiger partial charge in [0.05, 0.1) is 0 Å². The molecule has 1 heterocycles. The third-order valence-electron chi connectivity index (χ3n) is 2.17. The van der Waals surface area contributed by atoms with Crippen LogP contribution in [0.25, 0.3) is 0 Å². The summed E-state index contributed by atoms with van der Waals surface area (Å²) in [7, 11) is 1.72. The number of hydrogen-bond acceptors (Lipinski definition) is 3. The number of anilines is 1. The van der Waals surface area contributed by atoms with E-state index in [-0.39, 0.29) is 5.92 Å². The Bertz CT molecular complexity index is 413. The summed E-state index contributed by atoms with van der Waals surface area (Å²) in [6.07, 6.45) is 1.67. The lowest BCUT2D eigenvalue weighted by Crippen LogP contribution is -2.46. The first-order chi connectivity index (χ1) is 7.90. The maximum Gasteiger partial charge on any atom is 0.326 e. The lowest BCUT2D eigenvalue weighted by molar-refractivity contribution is -0.140. The van der Waals surface area contributed by atoms with Crippen LogP contribution in [0.5, 0.6) is 0 Å². The van der Waals surface area contributed by atoms with Gasteiger partial charge in [-0.05, 0) is 5.92 Å². The summed E-state index contributed by atoms with van der Waals surface area (Å²) in [5.41, 5.74) is 0. The molecule has 0 aliphatic carbocycles. The Morgan fingerprint density at radius 1 is 1.47 bits per heavy atom. The standard InChI is InChI=1S/C10H16N4O3/c1-6(2)8(9(15)16)12-10(17)11-7-4-5-14(3)13-7/h4-6,8H,1-3H3,(H,15,16)(H2,11,12,13,17)/t8-/m0/s1. The molecule has 0 saturated heterocycles. The fraction of sp³-hybridized carbons (Fsp3) is 0.500. The predicted molar refractivity (Wildman–Crippen MR) is 61.6 cm³/mol. The summed E-state index contributed by atoms with van der Waals surface area (Å²) in [5, 5.41) is 17.7. The lowest BCUT2D eigenvalue weighted by Gasteiger charge is -2.17. The van der Waals surface area contributed by atoms with E-state index >= 15 is 0 Å². The zero-order valence-electron chi connectivity index (χ0n) is 9.97. The largest absolute Gasteiger partial charge is 0.480 e. The van der Waals surface area contributed by atoms with Gasteiger partial charge in [-0.15, -0.1) is 0 Å². The fourth-order valence-corrected chi connectivity index (χ4v) is 1.29. The van der Waals surface area contributed by atoms with Crippen molar-refractivity contribution in [2.24, 2.45) is 13.0 Å². The summed E-state index contributed by atoms with van der Waals surface area (Å²) in [6, 6.07) is 0.119. The summed E-state index contributed by atoms with van der Waals surface area (Å²) in [6.45, 7) is 3.44. The third-order valence-corrected chi connectivity index (χ3v) is 2.17. The number of carbonyl (C=O) groups is 2. The Kier molecular flexibility index (Phi) is 4.08. The molecule has 2 amide bonds. The maximum absolute atomic E-state index is 11.5. The monoisotopic (exact) mass is 240 g/mol. The molecule has 1 atom stereocenters. The summed E-state index contributed by atoms with van der Waals surface area (Å²) < 4.78 is 1.53. The molecule has 3 N–H and O–H groups in total. The van der Waals surface area contributed by atoms with Crippen molar-refractivity contribution < 1.29 is 14.7 Å². The number of hydrogen-bond donors (Lipinski definition) is 3. The second kappa shape index (κ2) is 5.33. The van der Waals surface area contributed by atoms with Crippen molar-refractivity contribution in [3.05, 3.63) is 12.3 Å². The highest BCUT2D eigenvalue weighted by Crippen LogP contribution is 2.04. The SMILES string of the molecule is CC(C)[C@H](NC(=O)Nc1ccn(C)n1)C(=O)O. The first-order valence-corrected chi connectivity index (χ1v) is 5.20. The van der Waals surface area contributed by atoms with Crippen LogP contribution in [0.3, 0.4) is 0 Å². The molecule has 94 valence electrons. The molecule has 0 radical (unpaired) electrons. The number of nitrogens with zero attached hydrogens (tertiary/aromatic N) is 2. The minimum absolute atomic E-state index is 0.193. The molecule has 1 aromatic rings. The van der Waals surface area contributed by atoms with Gasteiger partial charge in [-0.1, -0.05) is 13.8 Å². The quantitative estimate of drug-likeness (QED) is 0.720. The van der Waals surface area contributed by atoms with Crippen LogP contribution >= 0.6 is 0 Å². The topological polar surface area (TPSA) is 96.3 Å². The van der Waals surface area contributed by atoms with E-state index in [0.717, 1.165) is 0 Å². The number of amides is 2. The molecule has 0 aliphatic heterocycles. The molecule has 7 nitrogen and oxygen atoms in total. The Morgan fingerprint density at radius 2 is 2.12 bits per heavy atom. The molecule has 0 aliphatic rings. The number of carbonyl (C=O) groups excluding carboxylic acids is 1. The molecule has 7 heteroatoms. The number of carboxylic acid groups (broad SMARTS) is 1. The van der Waals surface area contributed by atoms with Crippen LogP contribution in [0, 0.1) is 5.92 Å². The highest BCUT2D eigenvalue weighted by Gasteiger charge is 2.23. The summed E-state index contributed by atoms with van der Waals surface area (Å²) in [5.74, 6) is -0.879.